The summed E-state index contributed by atoms with van der Waals surface area (Å²) >= 11 is 5.76. The van der Waals surface area contributed by atoms with Crippen LogP contribution in [0.3, 0.4) is 0 Å². The first-order chi connectivity index (χ1) is 7.75. The highest BCUT2D eigenvalue weighted by atomic mass is 35.5. The van der Waals surface area contributed by atoms with Crippen LogP contribution in [-0.4, -0.2) is 48.1 Å². The van der Waals surface area contributed by atoms with Crippen molar-refractivity contribution in [3.63, 3.8) is 0 Å². The molecular formula is C11H17ClN4. The zero-order chi connectivity index (χ0) is 11.4. The molecule has 0 aromatic carbocycles. The van der Waals surface area contributed by atoms with Crippen LogP contribution >= 0.6 is 11.6 Å². The normalized spacial score (nSPS) is 16.6. The highest BCUT2D eigenvalue weighted by Gasteiger charge is 2.12. The maximum Gasteiger partial charge on any atom is 0.224 e. The highest BCUT2D eigenvalue weighted by molar-refractivity contribution is 6.28. The largest absolute Gasteiger partial charge is 0.358 e. The number of rotatable bonds is 4. The van der Waals surface area contributed by atoms with Crippen LogP contribution in [0.15, 0.2) is 12.3 Å². The molecule has 0 bridgehead atoms. The van der Waals surface area contributed by atoms with E-state index in [1.807, 2.05) is 13.1 Å². The summed E-state index contributed by atoms with van der Waals surface area (Å²) in [5.41, 5.74) is 0. The summed E-state index contributed by atoms with van der Waals surface area (Å²) in [6, 6.07) is 1.88. The van der Waals surface area contributed by atoms with E-state index in [2.05, 4.69) is 19.8 Å². The van der Waals surface area contributed by atoms with Crippen LogP contribution in [0.5, 0.6) is 0 Å². The first-order valence-corrected chi connectivity index (χ1v) is 6.05. The van der Waals surface area contributed by atoms with Crippen LogP contribution in [0.25, 0.3) is 0 Å². The predicted molar refractivity (Wildman–Crippen MR) is 66.0 cm³/mol. The number of hydrogen-bond acceptors (Lipinski definition) is 4. The molecule has 16 heavy (non-hydrogen) atoms. The minimum Gasteiger partial charge on any atom is -0.358 e. The number of hydrogen-bond donors (Lipinski definition) is 0. The molecule has 1 aromatic heterocycles. The molecule has 0 saturated carbocycles. The first kappa shape index (κ1) is 11.6. The van der Waals surface area contributed by atoms with Gasteiger partial charge in [-0.25, -0.2) is 9.97 Å². The van der Waals surface area contributed by atoms with Gasteiger partial charge >= 0.3 is 0 Å². The highest BCUT2D eigenvalue weighted by Crippen LogP contribution is 2.11. The van der Waals surface area contributed by atoms with E-state index in [-0.39, 0.29) is 0 Å². The molecule has 1 fully saturated rings. The molecule has 0 amide bonds. The molecule has 1 aromatic rings. The molecule has 5 heteroatoms. The molecule has 1 saturated heterocycles. The van der Waals surface area contributed by atoms with Crippen molar-refractivity contribution in [2.45, 2.75) is 12.8 Å². The molecule has 2 rings (SSSR count). The Bertz CT molecular complexity index is 339. The van der Waals surface area contributed by atoms with Crippen molar-refractivity contribution in [1.29, 1.82) is 0 Å². The number of likely N-dealkylation sites (N-methyl/N-ethyl adjacent to an activating group) is 1. The first-order valence-electron chi connectivity index (χ1n) is 5.68. The average Bonchev–Trinajstić information content (AvgIpc) is 2.78. The Morgan fingerprint density at radius 1 is 1.44 bits per heavy atom. The van der Waals surface area contributed by atoms with Crippen LogP contribution in [0, 0.1) is 0 Å². The summed E-state index contributed by atoms with van der Waals surface area (Å²) in [5, 5.41) is 0.311. The van der Waals surface area contributed by atoms with E-state index in [0.717, 1.165) is 18.9 Å². The van der Waals surface area contributed by atoms with Crippen molar-refractivity contribution in [2.75, 3.05) is 38.1 Å². The lowest BCUT2D eigenvalue weighted by atomic mass is 10.4. The molecule has 4 nitrogen and oxygen atoms in total. The van der Waals surface area contributed by atoms with Gasteiger partial charge < -0.3 is 9.80 Å². The van der Waals surface area contributed by atoms with E-state index >= 15 is 0 Å². The van der Waals surface area contributed by atoms with E-state index in [1.165, 1.54) is 25.9 Å². The van der Waals surface area contributed by atoms with Gasteiger partial charge in [-0.2, -0.15) is 0 Å². The molecule has 1 aliphatic heterocycles. The maximum absolute atomic E-state index is 5.76. The van der Waals surface area contributed by atoms with Gasteiger partial charge in [0, 0.05) is 26.3 Å². The molecule has 0 unspecified atom stereocenters. The van der Waals surface area contributed by atoms with Crippen molar-refractivity contribution < 1.29 is 0 Å². The third-order valence-electron chi connectivity index (χ3n) is 2.95. The molecule has 2 heterocycles. The third kappa shape index (κ3) is 3.06. The molecule has 1 aliphatic rings. The second kappa shape index (κ2) is 5.46. The summed E-state index contributed by atoms with van der Waals surface area (Å²) < 4.78 is 0. The smallest absolute Gasteiger partial charge is 0.224 e. The number of halogens is 1. The van der Waals surface area contributed by atoms with Gasteiger partial charge in [0.25, 0.3) is 0 Å². The fourth-order valence-electron chi connectivity index (χ4n) is 1.95. The topological polar surface area (TPSA) is 32.3 Å². The lowest BCUT2D eigenvalue weighted by Gasteiger charge is -2.22. The van der Waals surface area contributed by atoms with Gasteiger partial charge in [-0.05, 0) is 43.6 Å². The Kier molecular flexibility index (Phi) is 3.96. The Morgan fingerprint density at radius 3 is 2.88 bits per heavy atom. The molecule has 0 atom stereocenters. The van der Waals surface area contributed by atoms with Crippen molar-refractivity contribution in [2.24, 2.45) is 0 Å². The van der Waals surface area contributed by atoms with Crippen molar-refractivity contribution in [1.82, 2.24) is 14.9 Å². The molecule has 88 valence electrons. The minimum absolute atomic E-state index is 0.311. The Balaban J connectivity index is 1.85. The Morgan fingerprint density at radius 2 is 2.19 bits per heavy atom. The summed E-state index contributed by atoms with van der Waals surface area (Å²) in [6.07, 6.45) is 4.36. The van der Waals surface area contributed by atoms with Gasteiger partial charge in [0.15, 0.2) is 0 Å². The second-order valence-electron chi connectivity index (χ2n) is 4.15. The number of aromatic nitrogens is 2. The van der Waals surface area contributed by atoms with E-state index in [9.17, 15) is 0 Å². The SMILES string of the molecule is CN(CCN1CCCC1)c1ccnc(Cl)n1. The van der Waals surface area contributed by atoms with Crippen LogP contribution in [0.2, 0.25) is 5.28 Å². The number of nitrogens with zero attached hydrogens (tertiary/aromatic N) is 4. The van der Waals surface area contributed by atoms with Crippen LogP contribution in [0.4, 0.5) is 5.82 Å². The predicted octanol–water partition coefficient (Wildman–Crippen LogP) is 1.66. The van der Waals surface area contributed by atoms with E-state index in [1.54, 1.807) is 6.20 Å². The fraction of sp³-hybridized carbons (Fsp3) is 0.636. The molecule has 0 spiro atoms. The van der Waals surface area contributed by atoms with Crippen molar-refractivity contribution in [3.8, 4) is 0 Å². The molecule has 0 N–H and O–H groups in total. The zero-order valence-electron chi connectivity index (χ0n) is 9.56. The Labute approximate surface area is 101 Å². The molecule has 0 radical (unpaired) electrons. The number of likely N-dealkylation sites (tertiary alicyclic amines) is 1. The maximum atomic E-state index is 5.76. The summed E-state index contributed by atoms with van der Waals surface area (Å²) in [4.78, 5) is 12.7. The zero-order valence-corrected chi connectivity index (χ0v) is 10.3. The Hall–Kier alpha value is -0.870. The lowest BCUT2D eigenvalue weighted by molar-refractivity contribution is 0.346. The fourth-order valence-corrected chi connectivity index (χ4v) is 2.09. The van der Waals surface area contributed by atoms with Gasteiger partial charge in [0.1, 0.15) is 5.82 Å². The third-order valence-corrected chi connectivity index (χ3v) is 3.14. The second-order valence-corrected chi connectivity index (χ2v) is 4.49. The van der Waals surface area contributed by atoms with E-state index in [4.69, 9.17) is 11.6 Å². The molecular weight excluding hydrogens is 224 g/mol. The van der Waals surface area contributed by atoms with Crippen molar-refractivity contribution >= 4 is 17.4 Å². The van der Waals surface area contributed by atoms with E-state index in [0.29, 0.717) is 5.28 Å². The van der Waals surface area contributed by atoms with Gasteiger partial charge in [0.05, 0.1) is 0 Å². The van der Waals surface area contributed by atoms with Gasteiger partial charge in [0.2, 0.25) is 5.28 Å². The lowest BCUT2D eigenvalue weighted by Crippen LogP contribution is -2.31. The number of anilines is 1. The molecule has 0 aliphatic carbocycles. The van der Waals surface area contributed by atoms with Crippen molar-refractivity contribution in [3.05, 3.63) is 17.5 Å². The average molecular weight is 241 g/mol. The van der Waals surface area contributed by atoms with Gasteiger partial charge in [-0.3, -0.25) is 0 Å². The summed E-state index contributed by atoms with van der Waals surface area (Å²) in [5.74, 6) is 0.888. The summed E-state index contributed by atoms with van der Waals surface area (Å²) in [7, 11) is 2.04. The summed E-state index contributed by atoms with van der Waals surface area (Å²) in [6.45, 7) is 4.54. The van der Waals surface area contributed by atoms with Gasteiger partial charge in [-0.15, -0.1) is 0 Å². The van der Waals surface area contributed by atoms with Crippen LogP contribution in [0.1, 0.15) is 12.8 Å². The quantitative estimate of drug-likeness (QED) is 0.750. The minimum atomic E-state index is 0.311. The standard InChI is InChI=1S/C11H17ClN4/c1-15(8-9-16-6-2-3-7-16)10-4-5-13-11(12)14-10/h4-5H,2-3,6-9H2,1H3. The van der Waals surface area contributed by atoms with Crippen LogP contribution in [-0.2, 0) is 0 Å². The van der Waals surface area contributed by atoms with Gasteiger partial charge in [-0.1, -0.05) is 0 Å². The van der Waals surface area contributed by atoms with Crippen LogP contribution < -0.4 is 4.90 Å². The van der Waals surface area contributed by atoms with E-state index < -0.39 is 0 Å². The monoisotopic (exact) mass is 240 g/mol.